The smallest absolute Gasteiger partial charge is 0.141 e. The maximum atomic E-state index is 13.1. The summed E-state index contributed by atoms with van der Waals surface area (Å²) in [5.41, 5.74) is 0.941. The van der Waals surface area contributed by atoms with Crippen LogP contribution in [0.4, 0.5) is 10.2 Å². The third-order valence-electron chi connectivity index (χ3n) is 2.88. The van der Waals surface area contributed by atoms with Crippen molar-refractivity contribution < 1.29 is 4.39 Å². The molecule has 1 heterocycles. The molecule has 3 nitrogen and oxygen atoms in total. The number of halogens is 1. The number of rotatable bonds is 5. The van der Waals surface area contributed by atoms with Gasteiger partial charge in [0, 0.05) is 24.7 Å². The van der Waals surface area contributed by atoms with E-state index in [-0.39, 0.29) is 5.82 Å². The summed E-state index contributed by atoms with van der Waals surface area (Å²) in [4.78, 5) is 6.51. The van der Waals surface area contributed by atoms with Gasteiger partial charge in [0.15, 0.2) is 0 Å². The second-order valence-electron chi connectivity index (χ2n) is 4.18. The minimum absolute atomic E-state index is 0.263. The summed E-state index contributed by atoms with van der Waals surface area (Å²) in [6.07, 6.45) is 3.76. The van der Waals surface area contributed by atoms with Crippen molar-refractivity contribution in [1.29, 1.82) is 0 Å². The van der Waals surface area contributed by atoms with E-state index in [9.17, 15) is 4.39 Å². The van der Waals surface area contributed by atoms with E-state index in [2.05, 4.69) is 22.1 Å². The molecule has 4 heteroatoms. The summed E-state index contributed by atoms with van der Waals surface area (Å²) in [6, 6.07) is 2.18. The van der Waals surface area contributed by atoms with Crippen molar-refractivity contribution in [1.82, 2.24) is 10.3 Å². The molecule has 0 saturated heterocycles. The van der Waals surface area contributed by atoms with E-state index in [4.69, 9.17) is 0 Å². The minimum atomic E-state index is -0.263. The van der Waals surface area contributed by atoms with Crippen LogP contribution in [-0.4, -0.2) is 24.6 Å². The van der Waals surface area contributed by atoms with Gasteiger partial charge in [0.05, 0.1) is 6.20 Å². The summed E-state index contributed by atoms with van der Waals surface area (Å²) in [6.45, 7) is 3.70. The van der Waals surface area contributed by atoms with Crippen LogP contribution in [-0.2, 0) is 6.54 Å². The Labute approximate surface area is 95.7 Å². The Morgan fingerprint density at radius 3 is 2.88 bits per heavy atom. The average Bonchev–Trinajstić information content (AvgIpc) is 3.07. The van der Waals surface area contributed by atoms with Crippen LogP contribution in [0.3, 0.4) is 0 Å². The lowest BCUT2D eigenvalue weighted by molar-refractivity contribution is 0.614. The molecular formula is C12H18FN3. The fourth-order valence-corrected chi connectivity index (χ4v) is 2.02. The molecule has 0 bridgehead atoms. The predicted octanol–water partition coefficient (Wildman–Crippen LogP) is 1.93. The maximum Gasteiger partial charge on any atom is 0.141 e. The van der Waals surface area contributed by atoms with Gasteiger partial charge in [-0.2, -0.15) is 0 Å². The molecule has 88 valence electrons. The zero-order chi connectivity index (χ0) is 11.5. The van der Waals surface area contributed by atoms with Crippen molar-refractivity contribution in [3.63, 3.8) is 0 Å². The molecule has 1 aliphatic rings. The molecule has 0 unspecified atom stereocenters. The normalized spacial score (nSPS) is 15.2. The van der Waals surface area contributed by atoms with Gasteiger partial charge in [-0.3, -0.25) is 0 Å². The molecule has 0 amide bonds. The molecule has 0 atom stereocenters. The molecule has 0 aromatic carbocycles. The van der Waals surface area contributed by atoms with Crippen LogP contribution in [0, 0.1) is 5.82 Å². The first-order valence-corrected chi connectivity index (χ1v) is 5.82. The lowest BCUT2D eigenvalue weighted by atomic mass is 10.2. The van der Waals surface area contributed by atoms with Gasteiger partial charge in [-0.05, 0) is 32.9 Å². The van der Waals surface area contributed by atoms with Gasteiger partial charge in [0.25, 0.3) is 0 Å². The zero-order valence-corrected chi connectivity index (χ0v) is 9.83. The van der Waals surface area contributed by atoms with E-state index in [1.54, 1.807) is 6.07 Å². The molecule has 0 radical (unpaired) electrons. The Morgan fingerprint density at radius 1 is 1.56 bits per heavy atom. The lowest BCUT2D eigenvalue weighted by Crippen LogP contribution is -2.28. The molecule has 1 aromatic rings. The SMILES string of the molecule is CCN(c1ncc(F)cc1CNC)C1CC1. The zero-order valence-electron chi connectivity index (χ0n) is 9.83. The molecule has 2 rings (SSSR count). The van der Waals surface area contributed by atoms with Crippen molar-refractivity contribution in [3.05, 3.63) is 23.6 Å². The van der Waals surface area contributed by atoms with Gasteiger partial charge < -0.3 is 10.2 Å². The van der Waals surface area contributed by atoms with E-state index in [0.29, 0.717) is 12.6 Å². The van der Waals surface area contributed by atoms with Crippen molar-refractivity contribution in [2.24, 2.45) is 0 Å². The predicted molar refractivity (Wildman–Crippen MR) is 63.0 cm³/mol. The summed E-state index contributed by atoms with van der Waals surface area (Å²) < 4.78 is 13.1. The first-order chi connectivity index (χ1) is 7.76. The van der Waals surface area contributed by atoms with Gasteiger partial charge in [-0.25, -0.2) is 9.37 Å². The highest BCUT2D eigenvalue weighted by Gasteiger charge is 2.30. The number of anilines is 1. The average molecular weight is 223 g/mol. The van der Waals surface area contributed by atoms with Crippen molar-refractivity contribution >= 4 is 5.82 Å². The number of nitrogens with one attached hydrogen (secondary N) is 1. The van der Waals surface area contributed by atoms with Crippen LogP contribution in [0.1, 0.15) is 25.3 Å². The van der Waals surface area contributed by atoms with Gasteiger partial charge >= 0.3 is 0 Å². The molecular weight excluding hydrogens is 205 g/mol. The van der Waals surface area contributed by atoms with Crippen molar-refractivity contribution in [2.75, 3.05) is 18.5 Å². The highest BCUT2D eigenvalue weighted by Crippen LogP contribution is 2.32. The van der Waals surface area contributed by atoms with E-state index in [0.717, 1.165) is 17.9 Å². The fourth-order valence-electron chi connectivity index (χ4n) is 2.02. The van der Waals surface area contributed by atoms with Gasteiger partial charge in [0.2, 0.25) is 0 Å². The topological polar surface area (TPSA) is 28.2 Å². The number of hydrogen-bond acceptors (Lipinski definition) is 3. The molecule has 1 aliphatic carbocycles. The number of aromatic nitrogens is 1. The van der Waals surface area contributed by atoms with Crippen LogP contribution in [0.15, 0.2) is 12.3 Å². The Hall–Kier alpha value is -1.16. The lowest BCUT2D eigenvalue weighted by Gasteiger charge is -2.24. The van der Waals surface area contributed by atoms with Gasteiger partial charge in [-0.15, -0.1) is 0 Å². The molecule has 1 fully saturated rings. The van der Waals surface area contributed by atoms with Crippen LogP contribution in [0.5, 0.6) is 0 Å². The fraction of sp³-hybridized carbons (Fsp3) is 0.583. The van der Waals surface area contributed by atoms with Crippen molar-refractivity contribution in [2.45, 2.75) is 32.4 Å². The first kappa shape index (κ1) is 11.3. The third-order valence-corrected chi connectivity index (χ3v) is 2.88. The van der Waals surface area contributed by atoms with Crippen molar-refractivity contribution in [3.8, 4) is 0 Å². The Morgan fingerprint density at radius 2 is 2.31 bits per heavy atom. The largest absolute Gasteiger partial charge is 0.354 e. The minimum Gasteiger partial charge on any atom is -0.354 e. The molecule has 1 N–H and O–H groups in total. The summed E-state index contributed by atoms with van der Waals surface area (Å²) >= 11 is 0. The van der Waals surface area contributed by atoms with Gasteiger partial charge in [-0.1, -0.05) is 0 Å². The number of nitrogens with zero attached hydrogens (tertiary/aromatic N) is 2. The Bertz CT molecular complexity index is 363. The standard InChI is InChI=1S/C12H18FN3/c1-3-16(11-4-5-11)12-9(7-14-2)6-10(13)8-15-12/h6,8,11,14H,3-5,7H2,1-2H3. The van der Waals surface area contributed by atoms with Crippen LogP contribution < -0.4 is 10.2 Å². The number of pyridine rings is 1. The molecule has 1 aromatic heterocycles. The van der Waals surface area contributed by atoms with Gasteiger partial charge in [0.1, 0.15) is 11.6 Å². The second kappa shape index (κ2) is 4.78. The Balaban J connectivity index is 2.29. The first-order valence-electron chi connectivity index (χ1n) is 5.82. The summed E-state index contributed by atoms with van der Waals surface area (Å²) in [7, 11) is 1.86. The quantitative estimate of drug-likeness (QED) is 0.826. The highest BCUT2D eigenvalue weighted by atomic mass is 19.1. The second-order valence-corrected chi connectivity index (χ2v) is 4.18. The van der Waals surface area contributed by atoms with Crippen LogP contribution in [0.2, 0.25) is 0 Å². The van der Waals surface area contributed by atoms with E-state index < -0.39 is 0 Å². The molecule has 16 heavy (non-hydrogen) atoms. The van der Waals surface area contributed by atoms with E-state index >= 15 is 0 Å². The molecule has 0 spiro atoms. The Kier molecular flexibility index (Phi) is 3.39. The highest BCUT2D eigenvalue weighted by molar-refractivity contribution is 5.49. The van der Waals surface area contributed by atoms with E-state index in [1.165, 1.54) is 19.0 Å². The maximum absolute atomic E-state index is 13.1. The van der Waals surface area contributed by atoms with E-state index in [1.807, 2.05) is 7.05 Å². The third kappa shape index (κ3) is 2.32. The summed E-state index contributed by atoms with van der Waals surface area (Å²) in [5, 5.41) is 3.06. The van der Waals surface area contributed by atoms with Crippen LogP contribution >= 0.6 is 0 Å². The number of hydrogen-bond donors (Lipinski definition) is 1. The summed E-state index contributed by atoms with van der Waals surface area (Å²) in [5.74, 6) is 0.668. The monoisotopic (exact) mass is 223 g/mol. The molecule has 1 saturated carbocycles. The van der Waals surface area contributed by atoms with Crippen LogP contribution in [0.25, 0.3) is 0 Å². The molecule has 0 aliphatic heterocycles.